The van der Waals surface area contributed by atoms with E-state index in [2.05, 4.69) is 24.0 Å². The summed E-state index contributed by atoms with van der Waals surface area (Å²) in [4.78, 5) is 21.9. The van der Waals surface area contributed by atoms with Crippen LogP contribution in [0, 0.1) is 13.8 Å². The number of fused-ring (bicyclic) bond motifs is 1. The summed E-state index contributed by atoms with van der Waals surface area (Å²) in [5, 5.41) is 0.777. The van der Waals surface area contributed by atoms with Crippen molar-refractivity contribution in [2.24, 2.45) is 0 Å². The molecule has 26 heavy (non-hydrogen) atoms. The van der Waals surface area contributed by atoms with Crippen molar-refractivity contribution >= 4 is 32.6 Å². The molecule has 0 aliphatic heterocycles. The van der Waals surface area contributed by atoms with Crippen molar-refractivity contribution in [1.82, 2.24) is 9.88 Å². The second-order valence-electron chi connectivity index (χ2n) is 6.90. The monoisotopic (exact) mass is 367 g/mol. The van der Waals surface area contributed by atoms with Crippen LogP contribution in [0.4, 0.5) is 5.13 Å². The molecule has 1 heterocycles. The van der Waals surface area contributed by atoms with E-state index >= 15 is 0 Å². The highest BCUT2D eigenvalue weighted by Crippen LogP contribution is 2.31. The molecular weight excluding hydrogens is 342 g/mol. The zero-order valence-electron chi connectivity index (χ0n) is 15.8. The number of hydrogen-bond donors (Lipinski definition) is 0. The SMILES string of the molecule is Cc1ccc(C(=O)N(CCCN(C)C)c2nc3c(C)cccc3s2)cc1. The van der Waals surface area contributed by atoms with E-state index in [4.69, 9.17) is 4.98 Å². The van der Waals surface area contributed by atoms with Gasteiger partial charge in [0.25, 0.3) is 5.91 Å². The second kappa shape index (κ2) is 7.98. The van der Waals surface area contributed by atoms with Gasteiger partial charge in [0.1, 0.15) is 0 Å². The Morgan fingerprint density at radius 1 is 1.04 bits per heavy atom. The Morgan fingerprint density at radius 3 is 2.42 bits per heavy atom. The highest BCUT2D eigenvalue weighted by molar-refractivity contribution is 7.22. The lowest BCUT2D eigenvalue weighted by Gasteiger charge is -2.21. The van der Waals surface area contributed by atoms with E-state index in [1.165, 1.54) is 0 Å². The van der Waals surface area contributed by atoms with Crippen molar-refractivity contribution in [2.45, 2.75) is 20.3 Å². The van der Waals surface area contributed by atoms with E-state index in [0.717, 1.165) is 39.4 Å². The van der Waals surface area contributed by atoms with Crippen LogP contribution in [0.5, 0.6) is 0 Å². The number of nitrogens with zero attached hydrogens (tertiary/aromatic N) is 3. The molecule has 136 valence electrons. The minimum Gasteiger partial charge on any atom is -0.309 e. The molecule has 3 aromatic rings. The summed E-state index contributed by atoms with van der Waals surface area (Å²) >= 11 is 1.58. The molecule has 0 aliphatic rings. The molecule has 0 atom stereocenters. The molecule has 0 radical (unpaired) electrons. The Bertz CT molecular complexity index is 899. The maximum atomic E-state index is 13.2. The zero-order chi connectivity index (χ0) is 18.7. The van der Waals surface area contributed by atoms with Crippen molar-refractivity contribution in [2.75, 3.05) is 32.1 Å². The Morgan fingerprint density at radius 2 is 1.77 bits per heavy atom. The third kappa shape index (κ3) is 4.11. The predicted octanol–water partition coefficient (Wildman–Crippen LogP) is 4.51. The number of para-hydroxylation sites is 1. The lowest BCUT2D eigenvalue weighted by Crippen LogP contribution is -2.33. The van der Waals surface area contributed by atoms with Gasteiger partial charge in [0.05, 0.1) is 10.2 Å². The summed E-state index contributed by atoms with van der Waals surface area (Å²) < 4.78 is 1.12. The average Bonchev–Trinajstić information content (AvgIpc) is 3.04. The fourth-order valence-electron chi connectivity index (χ4n) is 2.87. The number of aromatic nitrogens is 1. The van der Waals surface area contributed by atoms with Gasteiger partial charge in [-0.05, 0) is 64.7 Å². The van der Waals surface area contributed by atoms with Crippen LogP contribution in [0.25, 0.3) is 10.2 Å². The zero-order valence-corrected chi connectivity index (χ0v) is 16.6. The van der Waals surface area contributed by atoms with Gasteiger partial charge < -0.3 is 4.90 Å². The topological polar surface area (TPSA) is 36.4 Å². The van der Waals surface area contributed by atoms with Crippen LogP contribution >= 0.6 is 11.3 Å². The van der Waals surface area contributed by atoms with E-state index < -0.39 is 0 Å². The quantitative estimate of drug-likeness (QED) is 0.643. The van der Waals surface area contributed by atoms with Crippen molar-refractivity contribution in [3.05, 3.63) is 59.2 Å². The first-order valence-electron chi connectivity index (χ1n) is 8.85. The Labute approximate surface area is 159 Å². The second-order valence-corrected chi connectivity index (χ2v) is 7.91. The number of aryl methyl sites for hydroxylation is 2. The molecule has 0 saturated heterocycles. The fraction of sp³-hybridized carbons (Fsp3) is 0.333. The van der Waals surface area contributed by atoms with Crippen molar-refractivity contribution in [1.29, 1.82) is 0 Å². The Kier molecular flexibility index (Phi) is 5.69. The van der Waals surface area contributed by atoms with Gasteiger partial charge in [0.2, 0.25) is 0 Å². The van der Waals surface area contributed by atoms with Gasteiger partial charge in [-0.3, -0.25) is 9.69 Å². The highest BCUT2D eigenvalue weighted by atomic mass is 32.1. The smallest absolute Gasteiger partial charge is 0.260 e. The van der Waals surface area contributed by atoms with Crippen LogP contribution in [0.2, 0.25) is 0 Å². The maximum Gasteiger partial charge on any atom is 0.260 e. The standard InChI is InChI=1S/C21H25N3OS/c1-15-9-11-17(12-10-15)20(25)24(14-6-13-23(3)4)21-22-19-16(2)7-5-8-18(19)26-21/h5,7-12H,6,13-14H2,1-4H3. The molecule has 1 amide bonds. The molecule has 0 fully saturated rings. The number of anilines is 1. The lowest BCUT2D eigenvalue weighted by molar-refractivity contribution is 0.0986. The van der Waals surface area contributed by atoms with E-state index in [1.807, 2.05) is 56.3 Å². The van der Waals surface area contributed by atoms with Crippen molar-refractivity contribution in [3.63, 3.8) is 0 Å². The summed E-state index contributed by atoms with van der Waals surface area (Å²) in [7, 11) is 4.10. The van der Waals surface area contributed by atoms with Crippen molar-refractivity contribution in [3.8, 4) is 0 Å². The predicted molar refractivity (Wildman–Crippen MR) is 110 cm³/mol. The molecule has 0 aliphatic carbocycles. The molecule has 0 bridgehead atoms. The molecular formula is C21H25N3OS. The van der Waals surface area contributed by atoms with Gasteiger partial charge >= 0.3 is 0 Å². The minimum atomic E-state index is 0.0143. The molecule has 0 saturated carbocycles. The summed E-state index contributed by atoms with van der Waals surface area (Å²) in [6.07, 6.45) is 0.902. The lowest BCUT2D eigenvalue weighted by atomic mass is 10.1. The first kappa shape index (κ1) is 18.5. The normalized spacial score (nSPS) is 11.3. The van der Waals surface area contributed by atoms with Crippen LogP contribution in [0.1, 0.15) is 27.9 Å². The first-order valence-corrected chi connectivity index (χ1v) is 9.67. The van der Waals surface area contributed by atoms with Crippen LogP contribution in [0.3, 0.4) is 0 Å². The van der Waals surface area contributed by atoms with E-state index in [0.29, 0.717) is 12.1 Å². The molecule has 5 heteroatoms. The molecule has 2 aromatic carbocycles. The molecule has 1 aromatic heterocycles. The highest BCUT2D eigenvalue weighted by Gasteiger charge is 2.21. The van der Waals surface area contributed by atoms with Gasteiger partial charge in [-0.2, -0.15) is 0 Å². The largest absolute Gasteiger partial charge is 0.309 e. The average molecular weight is 368 g/mol. The van der Waals surface area contributed by atoms with Gasteiger partial charge in [0, 0.05) is 12.1 Å². The molecule has 0 N–H and O–H groups in total. The number of carbonyl (C=O) groups is 1. The fourth-order valence-corrected chi connectivity index (χ4v) is 3.94. The van der Waals surface area contributed by atoms with Gasteiger partial charge in [-0.25, -0.2) is 4.98 Å². The Balaban J connectivity index is 1.94. The van der Waals surface area contributed by atoms with Gasteiger partial charge in [0.15, 0.2) is 5.13 Å². The summed E-state index contributed by atoms with van der Waals surface area (Å²) in [6.45, 7) is 5.68. The number of rotatable bonds is 6. The van der Waals surface area contributed by atoms with Gasteiger partial charge in [-0.15, -0.1) is 0 Å². The third-order valence-corrected chi connectivity index (χ3v) is 5.41. The van der Waals surface area contributed by atoms with Crippen LogP contribution in [-0.4, -0.2) is 43.0 Å². The number of benzene rings is 2. The van der Waals surface area contributed by atoms with Gasteiger partial charge in [-0.1, -0.05) is 41.2 Å². The molecule has 3 rings (SSSR count). The van der Waals surface area contributed by atoms with Crippen LogP contribution < -0.4 is 4.90 Å². The van der Waals surface area contributed by atoms with Crippen LogP contribution in [0.15, 0.2) is 42.5 Å². The summed E-state index contributed by atoms with van der Waals surface area (Å²) in [5.74, 6) is 0.0143. The molecule has 0 unspecified atom stereocenters. The van der Waals surface area contributed by atoms with E-state index in [-0.39, 0.29) is 5.91 Å². The minimum absolute atomic E-state index is 0.0143. The van der Waals surface area contributed by atoms with Crippen molar-refractivity contribution < 1.29 is 4.79 Å². The number of hydrogen-bond acceptors (Lipinski definition) is 4. The number of carbonyl (C=O) groups excluding carboxylic acids is 1. The van der Waals surface area contributed by atoms with E-state index in [9.17, 15) is 4.79 Å². The summed E-state index contributed by atoms with van der Waals surface area (Å²) in [5.41, 5.74) is 3.98. The molecule has 4 nitrogen and oxygen atoms in total. The number of thiazole rings is 1. The number of amides is 1. The maximum absolute atomic E-state index is 13.2. The first-order chi connectivity index (χ1) is 12.5. The molecule has 0 spiro atoms. The van der Waals surface area contributed by atoms with E-state index in [1.54, 1.807) is 11.3 Å². The van der Waals surface area contributed by atoms with Crippen LogP contribution in [-0.2, 0) is 0 Å². The third-order valence-electron chi connectivity index (χ3n) is 4.37. The summed E-state index contributed by atoms with van der Waals surface area (Å²) in [6, 6.07) is 13.9. The Hall–Kier alpha value is -2.24.